The van der Waals surface area contributed by atoms with E-state index in [1.165, 1.54) is 0 Å². The molecule has 0 saturated carbocycles. The summed E-state index contributed by atoms with van der Waals surface area (Å²) in [5.41, 5.74) is 0.955. The minimum atomic E-state index is -0.134. The van der Waals surface area contributed by atoms with Crippen molar-refractivity contribution in [3.05, 3.63) is 34.9 Å². The summed E-state index contributed by atoms with van der Waals surface area (Å²) in [7, 11) is 0. The Kier molecular flexibility index (Phi) is 7.67. The summed E-state index contributed by atoms with van der Waals surface area (Å²) in [6.07, 6.45) is -0.0188. The van der Waals surface area contributed by atoms with Crippen molar-refractivity contribution in [3.63, 3.8) is 0 Å². The number of rotatable bonds is 8. The summed E-state index contributed by atoms with van der Waals surface area (Å²) < 4.78 is 11.7. The van der Waals surface area contributed by atoms with Crippen molar-refractivity contribution in [3.8, 4) is 0 Å². The fourth-order valence-electron chi connectivity index (χ4n) is 1.86. The molecule has 0 aliphatic carbocycles. The van der Waals surface area contributed by atoms with Crippen LogP contribution >= 0.6 is 11.6 Å². The lowest BCUT2D eigenvalue weighted by molar-refractivity contribution is -0.0521. The molecule has 120 valence electrons. The molecule has 1 unspecified atom stereocenters. The molecule has 0 fully saturated rings. The fourth-order valence-corrected chi connectivity index (χ4v) is 2.06. The van der Waals surface area contributed by atoms with Crippen LogP contribution < -0.4 is 5.32 Å². The van der Waals surface area contributed by atoms with E-state index in [9.17, 15) is 0 Å². The zero-order chi connectivity index (χ0) is 15.9. The van der Waals surface area contributed by atoms with Crippen LogP contribution in [0.5, 0.6) is 0 Å². The second kappa shape index (κ2) is 8.74. The Morgan fingerprint density at radius 3 is 2.48 bits per heavy atom. The molecule has 0 amide bonds. The number of halogens is 1. The first-order chi connectivity index (χ1) is 9.78. The van der Waals surface area contributed by atoms with Gasteiger partial charge in [0.2, 0.25) is 0 Å². The van der Waals surface area contributed by atoms with Gasteiger partial charge in [0, 0.05) is 17.6 Å². The molecular formula is C17H28ClNO2. The standard InChI is InChI=1S/C17H28ClNO2/c1-13(2)19-12-16(14-7-6-8-15(18)11-14)20-9-10-21-17(3,4)5/h6-8,11,13,16,19H,9-10,12H2,1-5H3. The predicted octanol–water partition coefficient (Wildman–Crippen LogP) is 4.21. The molecule has 0 aromatic heterocycles. The average molecular weight is 314 g/mol. The molecule has 1 N–H and O–H groups in total. The minimum Gasteiger partial charge on any atom is -0.373 e. The second-order valence-corrected chi connectivity index (χ2v) is 6.87. The Morgan fingerprint density at radius 2 is 1.90 bits per heavy atom. The van der Waals surface area contributed by atoms with Crippen LogP contribution in [0.3, 0.4) is 0 Å². The van der Waals surface area contributed by atoms with Crippen molar-refractivity contribution >= 4 is 11.6 Å². The van der Waals surface area contributed by atoms with Crippen LogP contribution in [0.1, 0.15) is 46.3 Å². The van der Waals surface area contributed by atoms with Crippen LogP contribution in [-0.2, 0) is 9.47 Å². The Morgan fingerprint density at radius 1 is 1.19 bits per heavy atom. The zero-order valence-electron chi connectivity index (χ0n) is 13.8. The van der Waals surface area contributed by atoms with E-state index in [0.717, 1.165) is 17.1 Å². The van der Waals surface area contributed by atoms with E-state index in [1.54, 1.807) is 0 Å². The van der Waals surface area contributed by atoms with Crippen molar-refractivity contribution in [2.75, 3.05) is 19.8 Å². The highest BCUT2D eigenvalue weighted by Gasteiger charge is 2.14. The van der Waals surface area contributed by atoms with E-state index in [0.29, 0.717) is 19.3 Å². The van der Waals surface area contributed by atoms with E-state index < -0.39 is 0 Å². The van der Waals surface area contributed by atoms with E-state index >= 15 is 0 Å². The van der Waals surface area contributed by atoms with Gasteiger partial charge in [0.05, 0.1) is 24.9 Å². The highest BCUT2D eigenvalue weighted by molar-refractivity contribution is 6.30. The van der Waals surface area contributed by atoms with Crippen molar-refractivity contribution in [1.29, 1.82) is 0 Å². The summed E-state index contributed by atoms with van der Waals surface area (Å²) >= 11 is 6.07. The van der Waals surface area contributed by atoms with Crippen LogP contribution in [-0.4, -0.2) is 31.4 Å². The Labute approximate surface area is 134 Å². The van der Waals surface area contributed by atoms with Crippen LogP contribution in [0.4, 0.5) is 0 Å². The number of ether oxygens (including phenoxy) is 2. The van der Waals surface area contributed by atoms with Gasteiger partial charge in [-0.3, -0.25) is 0 Å². The highest BCUT2D eigenvalue weighted by atomic mass is 35.5. The average Bonchev–Trinajstić information content (AvgIpc) is 2.36. The topological polar surface area (TPSA) is 30.5 Å². The Balaban J connectivity index is 2.56. The first-order valence-electron chi connectivity index (χ1n) is 7.52. The van der Waals surface area contributed by atoms with Gasteiger partial charge < -0.3 is 14.8 Å². The van der Waals surface area contributed by atoms with Crippen LogP contribution in [0.15, 0.2) is 24.3 Å². The van der Waals surface area contributed by atoms with Crippen molar-refractivity contribution in [2.45, 2.75) is 52.4 Å². The van der Waals surface area contributed by atoms with Crippen molar-refractivity contribution in [2.24, 2.45) is 0 Å². The number of hydrogen-bond donors (Lipinski definition) is 1. The molecule has 3 nitrogen and oxygen atoms in total. The lowest BCUT2D eigenvalue weighted by Gasteiger charge is -2.23. The molecule has 0 radical (unpaired) electrons. The Bertz CT molecular complexity index is 415. The molecule has 1 aromatic carbocycles. The van der Waals surface area contributed by atoms with E-state index in [-0.39, 0.29) is 11.7 Å². The molecule has 0 bridgehead atoms. The number of nitrogens with one attached hydrogen (secondary N) is 1. The van der Waals surface area contributed by atoms with Crippen LogP contribution in [0.2, 0.25) is 5.02 Å². The monoisotopic (exact) mass is 313 g/mol. The van der Waals surface area contributed by atoms with Gasteiger partial charge in [-0.25, -0.2) is 0 Å². The van der Waals surface area contributed by atoms with E-state index in [2.05, 4.69) is 19.2 Å². The van der Waals surface area contributed by atoms with Gasteiger partial charge in [-0.1, -0.05) is 37.6 Å². The second-order valence-electron chi connectivity index (χ2n) is 6.44. The van der Waals surface area contributed by atoms with Gasteiger partial charge in [-0.2, -0.15) is 0 Å². The van der Waals surface area contributed by atoms with E-state index in [1.807, 2.05) is 45.0 Å². The van der Waals surface area contributed by atoms with Crippen LogP contribution in [0.25, 0.3) is 0 Å². The molecule has 0 aliphatic rings. The van der Waals surface area contributed by atoms with Crippen LogP contribution in [0, 0.1) is 0 Å². The van der Waals surface area contributed by atoms with Gasteiger partial charge in [0.1, 0.15) is 0 Å². The highest BCUT2D eigenvalue weighted by Crippen LogP contribution is 2.21. The molecule has 21 heavy (non-hydrogen) atoms. The smallest absolute Gasteiger partial charge is 0.0950 e. The maximum atomic E-state index is 6.07. The fraction of sp³-hybridized carbons (Fsp3) is 0.647. The van der Waals surface area contributed by atoms with Crippen molar-refractivity contribution in [1.82, 2.24) is 5.32 Å². The third kappa shape index (κ3) is 8.42. The molecule has 4 heteroatoms. The molecule has 1 rings (SSSR count). The van der Waals surface area contributed by atoms with Gasteiger partial charge in [0.25, 0.3) is 0 Å². The lowest BCUT2D eigenvalue weighted by atomic mass is 10.1. The van der Waals surface area contributed by atoms with Crippen molar-refractivity contribution < 1.29 is 9.47 Å². The maximum Gasteiger partial charge on any atom is 0.0950 e. The Hall–Kier alpha value is -0.610. The summed E-state index contributed by atoms with van der Waals surface area (Å²) in [4.78, 5) is 0. The number of hydrogen-bond acceptors (Lipinski definition) is 3. The summed E-state index contributed by atoms with van der Waals surface area (Å²) in [6.45, 7) is 12.3. The predicted molar refractivity (Wildman–Crippen MR) is 89.0 cm³/mol. The van der Waals surface area contributed by atoms with Gasteiger partial charge in [0.15, 0.2) is 0 Å². The molecule has 1 aromatic rings. The SMILES string of the molecule is CC(C)NCC(OCCOC(C)(C)C)c1cccc(Cl)c1. The van der Waals surface area contributed by atoms with Gasteiger partial charge in [-0.05, 0) is 38.5 Å². The summed E-state index contributed by atoms with van der Waals surface area (Å²) in [5.74, 6) is 0. The third-order valence-electron chi connectivity index (χ3n) is 2.87. The summed E-state index contributed by atoms with van der Waals surface area (Å²) in [5, 5.41) is 4.14. The molecule has 0 aliphatic heterocycles. The quantitative estimate of drug-likeness (QED) is 0.729. The van der Waals surface area contributed by atoms with Gasteiger partial charge >= 0.3 is 0 Å². The minimum absolute atomic E-state index is 0.0188. The lowest BCUT2D eigenvalue weighted by Crippen LogP contribution is -2.30. The molecule has 0 heterocycles. The maximum absolute atomic E-state index is 6.07. The van der Waals surface area contributed by atoms with Gasteiger partial charge in [-0.15, -0.1) is 0 Å². The molecular weight excluding hydrogens is 286 g/mol. The first-order valence-corrected chi connectivity index (χ1v) is 7.90. The summed E-state index contributed by atoms with van der Waals surface area (Å²) in [6, 6.07) is 8.25. The zero-order valence-corrected chi connectivity index (χ0v) is 14.5. The largest absolute Gasteiger partial charge is 0.373 e. The normalized spacial score (nSPS) is 13.7. The van der Waals surface area contributed by atoms with E-state index in [4.69, 9.17) is 21.1 Å². The molecule has 0 spiro atoms. The molecule has 1 atom stereocenters. The first kappa shape index (κ1) is 18.4. The third-order valence-corrected chi connectivity index (χ3v) is 3.10. The number of benzene rings is 1. The molecule has 0 saturated heterocycles.